The predicted octanol–water partition coefficient (Wildman–Crippen LogP) is -1.97. The molecule has 0 aromatic heterocycles. The largest absolute Gasteiger partial charge is 0.412 e. The quantitative estimate of drug-likeness (QED) is 0.314. The molecule has 4 heavy (non-hydrogen) atoms. The maximum atomic E-state index is 0. The van der Waals surface area contributed by atoms with Crippen LogP contribution in [0.15, 0.2) is 0 Å². The first-order valence-corrected chi connectivity index (χ1v) is 0. The highest BCUT2D eigenvalue weighted by Gasteiger charge is 0.00201. The van der Waals surface area contributed by atoms with Crippen LogP contribution in [0.4, 0.5) is 0 Å². The van der Waals surface area contributed by atoms with E-state index in [4.69, 9.17) is 0 Å². The summed E-state index contributed by atoms with van der Waals surface area (Å²) < 4.78 is 0. The van der Waals surface area contributed by atoms with Gasteiger partial charge in [-0.3, -0.25) is 0 Å². The third-order valence-corrected chi connectivity index (χ3v) is 0. The Hall–Kier alpha value is 1.48. The molecular weight excluding hydrogens is 95.4 g/mol. The minimum absolute atomic E-state index is 0. The fourth-order valence-corrected chi connectivity index (χ4v) is 0. The zero-order valence-corrected chi connectivity index (χ0v) is 5.85. The molecule has 0 aromatic carbocycles. The van der Waals surface area contributed by atoms with Crippen molar-refractivity contribution in [3.63, 3.8) is 0 Å². The Morgan fingerprint density at radius 3 is 1.00 bits per heavy atom. The van der Waals surface area contributed by atoms with E-state index in [0.717, 1.165) is 0 Å². The standard InChI is InChI=1S/Al.Mg.H2O.Si/h;;1H2;. The molecule has 0 unspecified atom stereocenters. The van der Waals surface area contributed by atoms with Crippen LogP contribution in [-0.2, 0) is 0 Å². The maximum absolute atomic E-state index is 0. The first-order chi connectivity index (χ1) is 0. The molecule has 0 aliphatic rings. The van der Waals surface area contributed by atoms with Crippen LogP contribution < -0.4 is 0 Å². The van der Waals surface area contributed by atoms with Gasteiger partial charge in [-0.2, -0.15) is 0 Å². The summed E-state index contributed by atoms with van der Waals surface area (Å²) >= 11 is 0. The van der Waals surface area contributed by atoms with Gasteiger partial charge in [0.25, 0.3) is 0 Å². The third kappa shape index (κ3) is 9.78. The molecule has 9 radical (unpaired) electrons. The summed E-state index contributed by atoms with van der Waals surface area (Å²) in [4.78, 5) is 0. The lowest BCUT2D eigenvalue weighted by Gasteiger charge is -0.412. The zero-order chi connectivity index (χ0) is 0. The number of hydrogen-bond acceptors (Lipinski definition) is 0. The molecule has 0 aliphatic carbocycles. The van der Waals surface area contributed by atoms with Crippen molar-refractivity contribution in [3.8, 4) is 0 Å². The lowest BCUT2D eigenvalue weighted by Crippen LogP contribution is -0.382. The molecule has 4 heteroatoms. The molecule has 0 atom stereocenters. The van der Waals surface area contributed by atoms with Crippen LogP contribution in [0.1, 0.15) is 0 Å². The average molecular weight is 97.4 g/mol. The summed E-state index contributed by atoms with van der Waals surface area (Å²) in [7, 11) is 0. The predicted molar refractivity (Wildman–Crippen MR) is 20.9 cm³/mol. The minimum atomic E-state index is 0. The van der Waals surface area contributed by atoms with Crippen molar-refractivity contribution in [2.24, 2.45) is 0 Å². The highest BCUT2D eigenvalue weighted by Crippen LogP contribution is -0.289. The second-order valence-corrected chi connectivity index (χ2v) is 0. The minimum Gasteiger partial charge on any atom is -0.412 e. The van der Waals surface area contributed by atoms with E-state index in [0.29, 0.717) is 0 Å². The van der Waals surface area contributed by atoms with Crippen molar-refractivity contribution < 1.29 is 5.48 Å². The molecule has 0 fully saturated rings. The Balaban J connectivity index is 0. The Morgan fingerprint density at radius 2 is 1.00 bits per heavy atom. The normalized spacial score (nSPS) is 0. The first kappa shape index (κ1) is 50.4. The van der Waals surface area contributed by atoms with Crippen LogP contribution in [0.5, 0.6) is 0 Å². The smallest absolute Gasteiger partial charge is 0 e. The first-order valence-electron chi connectivity index (χ1n) is 0. The van der Waals surface area contributed by atoms with Crippen molar-refractivity contribution in [3.05, 3.63) is 0 Å². The van der Waals surface area contributed by atoms with Gasteiger partial charge in [-0.15, -0.1) is 0 Å². The second kappa shape index (κ2) is 24.8. The summed E-state index contributed by atoms with van der Waals surface area (Å²) in [6.07, 6.45) is 0. The monoisotopic (exact) mass is 97.0 g/mol. The van der Waals surface area contributed by atoms with Gasteiger partial charge in [0.05, 0.1) is 0 Å². The molecule has 0 aromatic rings. The van der Waals surface area contributed by atoms with E-state index in [-0.39, 0.29) is 56.9 Å². The SMILES string of the molecule is O.[Al].[Mg].[Si]. The molecule has 0 amide bonds. The molecule has 2 N–H and O–H groups in total. The summed E-state index contributed by atoms with van der Waals surface area (Å²) in [6, 6.07) is 0. The molecule has 1 nitrogen and oxygen atoms in total. The number of hydrogen-bond donors (Lipinski definition) is 0. The summed E-state index contributed by atoms with van der Waals surface area (Å²) in [5.41, 5.74) is 0. The third-order valence-electron chi connectivity index (χ3n) is 0. The van der Waals surface area contributed by atoms with Crippen LogP contribution in [0.25, 0.3) is 0 Å². The highest BCUT2D eigenvalue weighted by molar-refractivity contribution is 5.76. The van der Waals surface area contributed by atoms with Gasteiger partial charge in [0.1, 0.15) is 0 Å². The van der Waals surface area contributed by atoms with Gasteiger partial charge < -0.3 is 5.48 Å². The van der Waals surface area contributed by atoms with E-state index in [1.54, 1.807) is 0 Å². The molecule has 0 spiro atoms. The van der Waals surface area contributed by atoms with Gasteiger partial charge >= 0.3 is 0 Å². The Bertz CT molecular complexity index is 8.00. The van der Waals surface area contributed by atoms with Crippen molar-refractivity contribution in [2.45, 2.75) is 0 Å². The van der Waals surface area contributed by atoms with E-state index in [2.05, 4.69) is 0 Å². The van der Waals surface area contributed by atoms with Gasteiger partial charge in [-0.25, -0.2) is 0 Å². The van der Waals surface area contributed by atoms with E-state index in [1.165, 1.54) is 0 Å². The van der Waals surface area contributed by atoms with E-state index < -0.39 is 0 Å². The summed E-state index contributed by atoms with van der Waals surface area (Å²) in [5, 5.41) is 0. The Morgan fingerprint density at radius 1 is 1.00 bits per heavy atom. The van der Waals surface area contributed by atoms with Crippen molar-refractivity contribution in [1.82, 2.24) is 0 Å². The Kier molecular flexibility index (Phi) is 313. The van der Waals surface area contributed by atoms with Gasteiger partial charge in [-0.1, -0.05) is 0 Å². The van der Waals surface area contributed by atoms with Crippen LogP contribution >= 0.6 is 0 Å². The molecule has 17 valence electrons. The van der Waals surface area contributed by atoms with Gasteiger partial charge in [0.15, 0.2) is 0 Å². The molecule has 0 saturated carbocycles. The van der Waals surface area contributed by atoms with E-state index >= 15 is 0 Å². The molecule has 0 saturated heterocycles. The molecular formula is H2AlMgOSi. The van der Waals surface area contributed by atoms with Gasteiger partial charge in [-0.05, 0) is 0 Å². The zero-order valence-electron chi connectivity index (χ0n) is 2.28. The van der Waals surface area contributed by atoms with E-state index in [1.807, 2.05) is 0 Å². The topological polar surface area (TPSA) is 31.5 Å². The highest BCUT2D eigenvalue weighted by atomic mass is 28.1. The van der Waals surface area contributed by atoms with Gasteiger partial charge in [0.2, 0.25) is 0 Å². The van der Waals surface area contributed by atoms with Crippen molar-refractivity contribution >= 4 is 51.4 Å². The fraction of sp³-hybridized carbons (Fsp3) is 0. The van der Waals surface area contributed by atoms with Crippen molar-refractivity contribution in [2.75, 3.05) is 0 Å². The van der Waals surface area contributed by atoms with Crippen molar-refractivity contribution in [1.29, 1.82) is 0 Å². The van der Waals surface area contributed by atoms with Crippen LogP contribution in [0.2, 0.25) is 0 Å². The van der Waals surface area contributed by atoms with Crippen LogP contribution in [0.3, 0.4) is 0 Å². The van der Waals surface area contributed by atoms with Gasteiger partial charge in [0, 0.05) is 51.4 Å². The molecule has 0 bridgehead atoms. The average Bonchev–Trinajstić information content (AvgIpc) is 0. The molecule has 0 heterocycles. The second-order valence-electron chi connectivity index (χ2n) is 0. The Labute approximate surface area is 56.8 Å². The van der Waals surface area contributed by atoms with Crippen LogP contribution in [-0.4, -0.2) is 56.9 Å². The molecule has 0 aliphatic heterocycles. The summed E-state index contributed by atoms with van der Waals surface area (Å²) in [5.74, 6) is 0. The molecule has 0 rings (SSSR count). The van der Waals surface area contributed by atoms with Crippen LogP contribution in [0, 0.1) is 0 Å². The lowest BCUT2D eigenvalue weighted by atomic mass is 16.0. The fourth-order valence-electron chi connectivity index (χ4n) is 0. The summed E-state index contributed by atoms with van der Waals surface area (Å²) in [6.45, 7) is 0. The lowest BCUT2D eigenvalue weighted by molar-refractivity contribution is 0.824. The van der Waals surface area contributed by atoms with E-state index in [9.17, 15) is 0 Å². The number of rotatable bonds is 0. The maximum Gasteiger partial charge on any atom is 0 e.